The van der Waals surface area contributed by atoms with E-state index in [1.165, 1.54) is 6.07 Å². The van der Waals surface area contributed by atoms with Gasteiger partial charge >= 0.3 is 0 Å². The Labute approximate surface area is 134 Å². The third-order valence-corrected chi connectivity index (χ3v) is 5.94. The van der Waals surface area contributed by atoms with Crippen LogP contribution in [0.4, 0.5) is 5.69 Å². The summed E-state index contributed by atoms with van der Waals surface area (Å²) in [4.78, 5) is 0.264. The lowest BCUT2D eigenvalue weighted by molar-refractivity contribution is 0.595. The Kier molecular flexibility index (Phi) is 4.52. The fourth-order valence-corrected chi connectivity index (χ4v) is 4.56. The standard InChI is InChI=1S/C13H11BrINO2S/c14-12-7-11(16)5-6-13(12)19(17,18)8-9-1-3-10(15)4-2-9/h1-7H,8,16H2. The van der Waals surface area contributed by atoms with Crippen LogP contribution in [0.3, 0.4) is 0 Å². The summed E-state index contributed by atoms with van der Waals surface area (Å²) in [6.45, 7) is 0. The predicted octanol–water partition coefficient (Wildman–Crippen LogP) is 3.61. The summed E-state index contributed by atoms with van der Waals surface area (Å²) in [6.07, 6.45) is 0. The minimum absolute atomic E-state index is 0.0214. The highest BCUT2D eigenvalue weighted by molar-refractivity contribution is 14.1. The first-order valence-electron chi connectivity index (χ1n) is 5.41. The highest BCUT2D eigenvalue weighted by Crippen LogP contribution is 2.27. The van der Waals surface area contributed by atoms with Crippen LogP contribution >= 0.6 is 38.5 Å². The number of anilines is 1. The maximum atomic E-state index is 12.3. The highest BCUT2D eigenvalue weighted by Gasteiger charge is 2.18. The molecule has 0 fully saturated rings. The van der Waals surface area contributed by atoms with Crippen molar-refractivity contribution in [2.24, 2.45) is 0 Å². The van der Waals surface area contributed by atoms with Gasteiger partial charge in [-0.25, -0.2) is 8.42 Å². The van der Waals surface area contributed by atoms with Crippen molar-refractivity contribution < 1.29 is 8.42 Å². The largest absolute Gasteiger partial charge is 0.399 e. The van der Waals surface area contributed by atoms with Crippen molar-refractivity contribution in [2.45, 2.75) is 10.6 Å². The molecule has 0 aliphatic carbocycles. The van der Waals surface area contributed by atoms with Gasteiger partial charge in [-0.05, 0) is 74.4 Å². The molecule has 0 atom stereocenters. The van der Waals surface area contributed by atoms with Gasteiger partial charge in [0.1, 0.15) is 0 Å². The van der Waals surface area contributed by atoms with E-state index in [-0.39, 0.29) is 10.6 Å². The van der Waals surface area contributed by atoms with Crippen LogP contribution < -0.4 is 5.73 Å². The highest BCUT2D eigenvalue weighted by atomic mass is 127. The molecule has 0 bridgehead atoms. The molecule has 3 nitrogen and oxygen atoms in total. The molecule has 0 aromatic heterocycles. The van der Waals surface area contributed by atoms with Crippen LogP contribution in [-0.4, -0.2) is 8.42 Å². The molecular formula is C13H11BrINO2S. The van der Waals surface area contributed by atoms with Gasteiger partial charge < -0.3 is 5.73 Å². The van der Waals surface area contributed by atoms with Crippen molar-refractivity contribution in [2.75, 3.05) is 5.73 Å². The zero-order valence-corrected chi connectivity index (χ0v) is 14.4. The molecule has 19 heavy (non-hydrogen) atoms. The van der Waals surface area contributed by atoms with Crippen molar-refractivity contribution in [1.29, 1.82) is 0 Å². The molecule has 0 saturated carbocycles. The number of hydrogen-bond donors (Lipinski definition) is 1. The number of benzene rings is 2. The number of sulfone groups is 1. The average Bonchev–Trinajstić information content (AvgIpc) is 2.31. The van der Waals surface area contributed by atoms with Gasteiger partial charge in [0.25, 0.3) is 0 Å². The Morgan fingerprint density at radius 3 is 2.32 bits per heavy atom. The Hall–Kier alpha value is -0.600. The van der Waals surface area contributed by atoms with E-state index < -0.39 is 9.84 Å². The number of hydrogen-bond acceptors (Lipinski definition) is 3. The molecule has 0 aliphatic heterocycles. The van der Waals surface area contributed by atoms with Gasteiger partial charge in [-0.1, -0.05) is 12.1 Å². The summed E-state index contributed by atoms with van der Waals surface area (Å²) in [7, 11) is -3.38. The Bertz CT molecular complexity index is 699. The summed E-state index contributed by atoms with van der Waals surface area (Å²) < 4.78 is 26.3. The normalized spacial score (nSPS) is 11.5. The van der Waals surface area contributed by atoms with Crippen LogP contribution in [0, 0.1) is 3.57 Å². The molecule has 0 radical (unpaired) electrons. The van der Waals surface area contributed by atoms with E-state index in [1.54, 1.807) is 12.1 Å². The first-order chi connectivity index (χ1) is 8.88. The lowest BCUT2D eigenvalue weighted by Gasteiger charge is -2.07. The van der Waals surface area contributed by atoms with Crippen LogP contribution in [0.1, 0.15) is 5.56 Å². The minimum atomic E-state index is -3.38. The van der Waals surface area contributed by atoms with E-state index in [4.69, 9.17) is 5.73 Å². The summed E-state index contributed by atoms with van der Waals surface area (Å²) in [6, 6.07) is 12.1. The lowest BCUT2D eigenvalue weighted by Crippen LogP contribution is -2.06. The molecule has 0 unspecified atom stereocenters. The van der Waals surface area contributed by atoms with E-state index in [1.807, 2.05) is 24.3 Å². The van der Waals surface area contributed by atoms with Crippen LogP contribution in [0.5, 0.6) is 0 Å². The van der Waals surface area contributed by atoms with Crippen molar-refractivity contribution in [3.05, 3.63) is 56.1 Å². The molecule has 2 rings (SSSR count). The summed E-state index contributed by atoms with van der Waals surface area (Å²) in [5.41, 5.74) is 6.91. The second-order valence-corrected chi connectivity index (χ2v) is 8.13. The Balaban J connectivity index is 2.35. The van der Waals surface area contributed by atoms with E-state index in [9.17, 15) is 8.42 Å². The Morgan fingerprint density at radius 2 is 1.74 bits per heavy atom. The predicted molar refractivity (Wildman–Crippen MR) is 88.6 cm³/mol. The number of nitrogen functional groups attached to an aromatic ring is 1. The first-order valence-corrected chi connectivity index (χ1v) is 8.93. The minimum Gasteiger partial charge on any atom is -0.399 e. The second kappa shape index (κ2) is 5.80. The van der Waals surface area contributed by atoms with E-state index in [0.717, 1.165) is 9.13 Å². The van der Waals surface area contributed by atoms with E-state index in [2.05, 4.69) is 38.5 Å². The van der Waals surface area contributed by atoms with Crippen LogP contribution in [0.25, 0.3) is 0 Å². The van der Waals surface area contributed by atoms with Gasteiger partial charge in [-0.3, -0.25) is 0 Å². The summed E-state index contributed by atoms with van der Waals surface area (Å²) in [5, 5.41) is 0. The quantitative estimate of drug-likeness (QED) is 0.572. The molecule has 2 N–H and O–H groups in total. The van der Waals surface area contributed by atoms with Gasteiger partial charge in [0.15, 0.2) is 9.84 Å². The first kappa shape index (κ1) is 14.8. The fourth-order valence-electron chi connectivity index (χ4n) is 1.65. The molecular weight excluding hydrogens is 441 g/mol. The maximum Gasteiger partial charge on any atom is 0.183 e. The maximum absolute atomic E-state index is 12.3. The summed E-state index contributed by atoms with van der Waals surface area (Å²) >= 11 is 5.43. The van der Waals surface area contributed by atoms with E-state index in [0.29, 0.717) is 10.2 Å². The van der Waals surface area contributed by atoms with Crippen LogP contribution in [-0.2, 0) is 15.6 Å². The lowest BCUT2D eigenvalue weighted by atomic mass is 10.2. The fraction of sp³-hybridized carbons (Fsp3) is 0.0769. The Morgan fingerprint density at radius 1 is 1.11 bits per heavy atom. The van der Waals surface area contributed by atoms with Crippen molar-refractivity contribution in [3.63, 3.8) is 0 Å². The molecule has 6 heteroatoms. The molecule has 2 aromatic rings. The number of rotatable bonds is 3. The van der Waals surface area contributed by atoms with E-state index >= 15 is 0 Å². The monoisotopic (exact) mass is 451 g/mol. The van der Waals surface area contributed by atoms with Crippen molar-refractivity contribution in [3.8, 4) is 0 Å². The third kappa shape index (κ3) is 3.70. The topological polar surface area (TPSA) is 60.2 Å². The molecule has 0 amide bonds. The van der Waals surface area contributed by atoms with Gasteiger partial charge in [-0.2, -0.15) is 0 Å². The zero-order valence-electron chi connectivity index (χ0n) is 9.81. The SMILES string of the molecule is Nc1ccc(S(=O)(=O)Cc2ccc(I)cc2)c(Br)c1. The molecule has 100 valence electrons. The smallest absolute Gasteiger partial charge is 0.183 e. The molecule has 0 aliphatic rings. The van der Waals surface area contributed by atoms with Crippen LogP contribution in [0.15, 0.2) is 51.8 Å². The second-order valence-electron chi connectivity index (χ2n) is 4.08. The number of halogens is 2. The molecule has 0 spiro atoms. The molecule has 2 aromatic carbocycles. The van der Waals surface area contributed by atoms with Crippen molar-refractivity contribution in [1.82, 2.24) is 0 Å². The zero-order chi connectivity index (χ0) is 14.0. The average molecular weight is 452 g/mol. The van der Waals surface area contributed by atoms with Crippen LogP contribution in [0.2, 0.25) is 0 Å². The van der Waals surface area contributed by atoms with Gasteiger partial charge in [0.05, 0.1) is 10.6 Å². The molecule has 0 saturated heterocycles. The van der Waals surface area contributed by atoms with Gasteiger partial charge in [0, 0.05) is 13.7 Å². The summed E-state index contributed by atoms with van der Waals surface area (Å²) in [5.74, 6) is -0.0214. The third-order valence-electron chi connectivity index (χ3n) is 2.56. The van der Waals surface area contributed by atoms with Gasteiger partial charge in [-0.15, -0.1) is 0 Å². The van der Waals surface area contributed by atoms with Crippen molar-refractivity contribution >= 4 is 54.0 Å². The molecule has 0 heterocycles. The van der Waals surface area contributed by atoms with Gasteiger partial charge in [0.2, 0.25) is 0 Å². The number of nitrogens with two attached hydrogens (primary N) is 1.